The fourth-order valence-corrected chi connectivity index (χ4v) is 1.24. The lowest BCUT2D eigenvalue weighted by Gasteiger charge is -1.96. The van der Waals surface area contributed by atoms with Crippen LogP contribution in [0.2, 0.25) is 0 Å². The second kappa shape index (κ2) is 2.37. The van der Waals surface area contributed by atoms with Crippen molar-refractivity contribution in [2.75, 3.05) is 0 Å². The molecule has 0 amide bonds. The lowest BCUT2D eigenvalue weighted by Crippen LogP contribution is -2.09. The highest BCUT2D eigenvalue weighted by Crippen LogP contribution is 2.37. The Morgan fingerprint density at radius 2 is 2.36 bits per heavy atom. The Labute approximate surface area is 69.3 Å². The highest BCUT2D eigenvalue weighted by atomic mass is 32.1. The minimum atomic E-state index is -0.105. The molecule has 0 spiro atoms. The van der Waals surface area contributed by atoms with Crippen LogP contribution >= 0.6 is 12.6 Å². The van der Waals surface area contributed by atoms with Crippen LogP contribution in [0.15, 0.2) is 15.9 Å². The molecule has 4 heteroatoms. The van der Waals surface area contributed by atoms with E-state index in [9.17, 15) is 4.79 Å². The fraction of sp³-hybridized carbons (Fsp3) is 0.429. The number of hydrogen-bond acceptors (Lipinski definition) is 3. The fourth-order valence-electron chi connectivity index (χ4n) is 1.01. The first kappa shape index (κ1) is 6.91. The number of H-pyrrole nitrogens is 1. The van der Waals surface area contributed by atoms with Crippen LogP contribution in [0.25, 0.3) is 0 Å². The van der Waals surface area contributed by atoms with E-state index in [1.165, 1.54) is 6.07 Å². The highest BCUT2D eigenvalue weighted by Gasteiger charge is 2.25. The van der Waals surface area contributed by atoms with Gasteiger partial charge in [-0.3, -0.25) is 4.79 Å². The van der Waals surface area contributed by atoms with E-state index < -0.39 is 0 Å². The minimum Gasteiger partial charge on any atom is -0.310 e. The van der Waals surface area contributed by atoms with Crippen molar-refractivity contribution in [2.24, 2.45) is 0 Å². The zero-order valence-corrected chi connectivity index (χ0v) is 6.77. The third-order valence-electron chi connectivity index (χ3n) is 1.71. The summed E-state index contributed by atoms with van der Waals surface area (Å²) in [5, 5.41) is 0.510. The molecule has 1 heterocycles. The second-order valence-electron chi connectivity index (χ2n) is 2.76. The highest BCUT2D eigenvalue weighted by molar-refractivity contribution is 7.80. The van der Waals surface area contributed by atoms with Gasteiger partial charge < -0.3 is 4.98 Å². The van der Waals surface area contributed by atoms with Crippen molar-refractivity contribution in [3.63, 3.8) is 0 Å². The summed E-state index contributed by atoms with van der Waals surface area (Å²) in [5.41, 5.74) is -0.105. The molecule has 0 saturated heterocycles. The summed E-state index contributed by atoms with van der Waals surface area (Å²) >= 11 is 4.02. The van der Waals surface area contributed by atoms with E-state index in [0.29, 0.717) is 10.9 Å². The normalized spacial score (nSPS) is 16.8. The Morgan fingerprint density at radius 1 is 1.64 bits per heavy atom. The van der Waals surface area contributed by atoms with Crippen LogP contribution in [-0.4, -0.2) is 9.97 Å². The molecule has 1 saturated carbocycles. The van der Waals surface area contributed by atoms with Crippen LogP contribution < -0.4 is 5.56 Å². The predicted molar refractivity (Wildman–Crippen MR) is 44.1 cm³/mol. The topological polar surface area (TPSA) is 45.8 Å². The van der Waals surface area contributed by atoms with Crippen LogP contribution in [0.5, 0.6) is 0 Å². The molecule has 2 rings (SSSR count). The van der Waals surface area contributed by atoms with Gasteiger partial charge in [0.05, 0.1) is 0 Å². The molecule has 11 heavy (non-hydrogen) atoms. The van der Waals surface area contributed by atoms with Crippen molar-refractivity contribution in [3.05, 3.63) is 22.2 Å². The molecule has 1 fully saturated rings. The minimum absolute atomic E-state index is 0.105. The summed E-state index contributed by atoms with van der Waals surface area (Å²) < 4.78 is 0. The van der Waals surface area contributed by atoms with Crippen molar-refractivity contribution in [2.45, 2.75) is 23.8 Å². The predicted octanol–water partition coefficient (Wildman–Crippen LogP) is 0.936. The number of hydrogen-bond donors (Lipinski definition) is 2. The van der Waals surface area contributed by atoms with Gasteiger partial charge in [0, 0.05) is 12.0 Å². The number of thiol groups is 1. The number of aromatic nitrogens is 2. The molecule has 58 valence electrons. The Balaban J connectivity index is 2.47. The number of rotatable bonds is 1. The van der Waals surface area contributed by atoms with Crippen LogP contribution in [-0.2, 0) is 0 Å². The number of nitrogens with one attached hydrogen (secondary N) is 1. The van der Waals surface area contributed by atoms with Gasteiger partial charge in [0.1, 0.15) is 10.9 Å². The van der Waals surface area contributed by atoms with E-state index in [1.54, 1.807) is 0 Å². The van der Waals surface area contributed by atoms with E-state index in [-0.39, 0.29) is 5.56 Å². The van der Waals surface area contributed by atoms with Crippen LogP contribution in [0.4, 0.5) is 0 Å². The quantitative estimate of drug-likeness (QED) is 0.484. The average Bonchev–Trinajstić information content (AvgIpc) is 2.64. The molecule has 1 aliphatic rings. The molecule has 0 aliphatic heterocycles. The average molecular weight is 168 g/mol. The Kier molecular flexibility index (Phi) is 1.49. The van der Waals surface area contributed by atoms with E-state index in [2.05, 4.69) is 22.6 Å². The van der Waals surface area contributed by atoms with Gasteiger partial charge in [-0.2, -0.15) is 0 Å². The Bertz CT molecular complexity index is 329. The maximum atomic E-state index is 10.9. The first-order chi connectivity index (χ1) is 5.25. The monoisotopic (exact) mass is 168 g/mol. The van der Waals surface area contributed by atoms with Gasteiger partial charge in [-0.05, 0) is 12.8 Å². The molecule has 3 nitrogen and oxygen atoms in total. The molecule has 1 aromatic rings. The zero-order chi connectivity index (χ0) is 7.84. The standard InChI is InChI=1S/C7H8N2OS/c10-5-3-6(11)9-7(8-5)4-1-2-4/h3-4H,1-2H2,(H2,8,9,10,11). The first-order valence-electron chi connectivity index (χ1n) is 3.56. The molecule has 0 aromatic carbocycles. The van der Waals surface area contributed by atoms with Gasteiger partial charge in [-0.25, -0.2) is 4.98 Å². The largest absolute Gasteiger partial charge is 0.310 e. The molecule has 1 aromatic heterocycles. The van der Waals surface area contributed by atoms with Crippen molar-refractivity contribution in [3.8, 4) is 0 Å². The maximum Gasteiger partial charge on any atom is 0.251 e. The summed E-state index contributed by atoms with van der Waals surface area (Å²) in [6.45, 7) is 0. The van der Waals surface area contributed by atoms with Gasteiger partial charge in [0.15, 0.2) is 0 Å². The SMILES string of the molecule is O=c1cc(S)nc(C2CC2)[nH]1. The summed E-state index contributed by atoms with van der Waals surface area (Å²) in [4.78, 5) is 17.7. The van der Waals surface area contributed by atoms with Gasteiger partial charge in [0.25, 0.3) is 5.56 Å². The van der Waals surface area contributed by atoms with Crippen molar-refractivity contribution >= 4 is 12.6 Å². The summed E-state index contributed by atoms with van der Waals surface area (Å²) in [7, 11) is 0. The molecule has 1 aliphatic carbocycles. The van der Waals surface area contributed by atoms with Gasteiger partial charge in [-0.15, -0.1) is 12.6 Å². The third-order valence-corrected chi connectivity index (χ3v) is 1.94. The van der Waals surface area contributed by atoms with Crippen molar-refractivity contribution in [1.29, 1.82) is 0 Å². The van der Waals surface area contributed by atoms with E-state index in [1.807, 2.05) is 0 Å². The summed E-state index contributed by atoms with van der Waals surface area (Å²) in [6.07, 6.45) is 2.28. The smallest absolute Gasteiger partial charge is 0.251 e. The van der Waals surface area contributed by atoms with Crippen LogP contribution in [0.3, 0.4) is 0 Å². The van der Waals surface area contributed by atoms with Crippen LogP contribution in [0.1, 0.15) is 24.6 Å². The molecular weight excluding hydrogens is 160 g/mol. The van der Waals surface area contributed by atoms with E-state index in [4.69, 9.17) is 0 Å². The third kappa shape index (κ3) is 1.45. The molecule has 0 atom stereocenters. The molecule has 0 unspecified atom stereocenters. The lowest BCUT2D eigenvalue weighted by atomic mass is 10.4. The van der Waals surface area contributed by atoms with Crippen LogP contribution in [0, 0.1) is 0 Å². The Morgan fingerprint density at radius 3 is 2.91 bits per heavy atom. The van der Waals surface area contributed by atoms with E-state index in [0.717, 1.165) is 18.7 Å². The van der Waals surface area contributed by atoms with Crippen molar-refractivity contribution in [1.82, 2.24) is 9.97 Å². The van der Waals surface area contributed by atoms with Gasteiger partial charge in [0.2, 0.25) is 0 Å². The number of nitrogens with zero attached hydrogens (tertiary/aromatic N) is 1. The number of aromatic amines is 1. The molecule has 0 radical (unpaired) electrons. The maximum absolute atomic E-state index is 10.9. The Hall–Kier alpha value is -0.770. The summed E-state index contributed by atoms with van der Waals surface area (Å²) in [5.74, 6) is 1.28. The van der Waals surface area contributed by atoms with Gasteiger partial charge in [-0.1, -0.05) is 0 Å². The molecular formula is C7H8N2OS. The van der Waals surface area contributed by atoms with Gasteiger partial charge >= 0.3 is 0 Å². The van der Waals surface area contributed by atoms with E-state index >= 15 is 0 Å². The second-order valence-corrected chi connectivity index (χ2v) is 3.22. The lowest BCUT2D eigenvalue weighted by molar-refractivity contribution is 0.862. The first-order valence-corrected chi connectivity index (χ1v) is 4.00. The van der Waals surface area contributed by atoms with Crippen molar-refractivity contribution < 1.29 is 0 Å². The summed E-state index contributed by atoms with van der Waals surface area (Å²) in [6, 6.07) is 1.38. The zero-order valence-electron chi connectivity index (χ0n) is 5.87. The molecule has 0 bridgehead atoms. The molecule has 1 N–H and O–H groups in total.